The van der Waals surface area contributed by atoms with Gasteiger partial charge < -0.3 is 14.6 Å². The van der Waals surface area contributed by atoms with Gasteiger partial charge in [-0.15, -0.1) is 0 Å². The summed E-state index contributed by atoms with van der Waals surface area (Å²) in [7, 11) is -2.24. The zero-order valence-corrected chi connectivity index (χ0v) is 26.3. The number of hydrogen-bond donors (Lipinski definition) is 2. The number of hydrogen-bond acceptors (Lipinski definition) is 4. The molecule has 1 heterocycles. The number of piperidine rings is 1. The Bertz CT molecular complexity index is 1010. The Morgan fingerprint density at radius 3 is 1.73 bits per heavy atom. The average molecular weight is 587 g/mol. The molecule has 1 fully saturated rings. The van der Waals surface area contributed by atoms with Gasteiger partial charge in [0.1, 0.15) is 5.75 Å². The molecule has 1 aliphatic rings. The molecule has 206 valence electrons. The predicted molar refractivity (Wildman–Crippen MR) is 159 cm³/mol. The van der Waals surface area contributed by atoms with E-state index in [0.29, 0.717) is 68.9 Å². The summed E-state index contributed by atoms with van der Waals surface area (Å²) in [6.07, 6.45) is 0.367. The summed E-state index contributed by atoms with van der Waals surface area (Å²) in [5, 5.41) is 24.0. The minimum absolute atomic E-state index is 0.177. The van der Waals surface area contributed by atoms with E-state index in [0.717, 1.165) is 5.56 Å². The van der Waals surface area contributed by atoms with E-state index in [4.69, 9.17) is 39.2 Å². The van der Waals surface area contributed by atoms with Gasteiger partial charge in [0.05, 0.1) is 21.8 Å². The lowest BCUT2D eigenvalue weighted by Crippen LogP contribution is -2.50. The molecule has 2 atom stereocenters. The molecule has 0 amide bonds. The molecular formula is C29H42Cl3NO3Si. The number of nitrogens with zero attached hydrogens (tertiary/aromatic N) is 1. The number of benzene rings is 2. The Morgan fingerprint density at radius 2 is 1.30 bits per heavy atom. The topological polar surface area (TPSA) is 52.9 Å². The second-order valence-electron chi connectivity index (χ2n) is 11.5. The monoisotopic (exact) mass is 585 g/mol. The smallest absolute Gasteiger partial charge is 0.258 e. The quantitative estimate of drug-likeness (QED) is 0.289. The summed E-state index contributed by atoms with van der Waals surface area (Å²) in [6.45, 7) is 16.6. The maximum absolute atomic E-state index is 11.3. The third-order valence-electron chi connectivity index (χ3n) is 8.39. The van der Waals surface area contributed by atoms with E-state index in [9.17, 15) is 10.2 Å². The minimum atomic E-state index is -2.24. The summed E-state index contributed by atoms with van der Waals surface area (Å²) < 4.78 is 6.78. The number of likely N-dealkylation sites (tertiary alicyclic amines) is 1. The van der Waals surface area contributed by atoms with Gasteiger partial charge in [0.2, 0.25) is 0 Å². The van der Waals surface area contributed by atoms with E-state index in [1.54, 1.807) is 12.1 Å². The molecule has 8 heteroatoms. The van der Waals surface area contributed by atoms with Crippen LogP contribution in [0.3, 0.4) is 0 Å². The first kappa shape index (κ1) is 30.7. The van der Waals surface area contributed by atoms with Crippen molar-refractivity contribution in [3.05, 3.63) is 62.6 Å². The summed E-state index contributed by atoms with van der Waals surface area (Å²) in [5.74, 6) is 0.528. The molecule has 0 saturated carbocycles. The van der Waals surface area contributed by atoms with Gasteiger partial charge >= 0.3 is 0 Å². The summed E-state index contributed by atoms with van der Waals surface area (Å²) >= 11 is 19.5. The van der Waals surface area contributed by atoms with Crippen LogP contribution in [0.25, 0.3) is 0 Å². The van der Waals surface area contributed by atoms with Crippen LogP contribution in [-0.4, -0.2) is 42.6 Å². The van der Waals surface area contributed by atoms with Crippen molar-refractivity contribution in [1.82, 2.24) is 4.90 Å². The molecule has 3 rings (SSSR count). The fraction of sp³-hybridized carbons (Fsp3) is 0.586. The van der Waals surface area contributed by atoms with Crippen LogP contribution < -0.4 is 4.43 Å². The Labute approximate surface area is 239 Å². The highest BCUT2D eigenvalue weighted by molar-refractivity contribution is 6.78. The van der Waals surface area contributed by atoms with Crippen LogP contribution in [0.1, 0.15) is 78.5 Å². The van der Waals surface area contributed by atoms with Crippen molar-refractivity contribution < 1.29 is 14.6 Å². The third-order valence-corrected chi connectivity index (χ3v) is 15.2. The number of aliphatic hydroxyl groups is 2. The summed E-state index contributed by atoms with van der Waals surface area (Å²) in [4.78, 5) is 2.20. The molecule has 2 aromatic rings. The second kappa shape index (κ2) is 12.2. The summed E-state index contributed by atoms with van der Waals surface area (Å²) in [5.41, 5.74) is 1.81. The van der Waals surface area contributed by atoms with Gasteiger partial charge in [-0.2, -0.15) is 0 Å². The average Bonchev–Trinajstić information content (AvgIpc) is 2.82. The van der Waals surface area contributed by atoms with Gasteiger partial charge in [-0.05, 0) is 71.8 Å². The van der Waals surface area contributed by atoms with Gasteiger partial charge in [0.25, 0.3) is 8.32 Å². The number of rotatable bonds is 9. The molecule has 0 aliphatic carbocycles. The van der Waals surface area contributed by atoms with Gasteiger partial charge in [-0.25, -0.2) is 0 Å². The second-order valence-corrected chi connectivity index (χ2v) is 18.1. The molecule has 1 aliphatic heterocycles. The molecule has 4 nitrogen and oxygen atoms in total. The molecule has 0 bridgehead atoms. The van der Waals surface area contributed by atoms with Crippen molar-refractivity contribution in [1.29, 1.82) is 0 Å². The highest BCUT2D eigenvalue weighted by Crippen LogP contribution is 2.47. The van der Waals surface area contributed by atoms with Gasteiger partial charge in [0, 0.05) is 24.2 Å². The van der Waals surface area contributed by atoms with Gasteiger partial charge in [0.15, 0.2) is 0 Å². The van der Waals surface area contributed by atoms with E-state index in [2.05, 4.69) is 46.4 Å². The first-order chi connectivity index (χ1) is 17.2. The Balaban J connectivity index is 1.76. The predicted octanol–water partition coefficient (Wildman–Crippen LogP) is 8.61. The van der Waals surface area contributed by atoms with Crippen LogP contribution >= 0.6 is 34.8 Å². The van der Waals surface area contributed by atoms with E-state index in [-0.39, 0.29) is 6.04 Å². The molecule has 37 heavy (non-hydrogen) atoms. The van der Waals surface area contributed by atoms with Crippen molar-refractivity contribution in [3.8, 4) is 5.75 Å². The zero-order chi connectivity index (χ0) is 27.7. The van der Waals surface area contributed by atoms with Crippen molar-refractivity contribution in [2.45, 2.75) is 95.7 Å². The molecular weight excluding hydrogens is 545 g/mol. The lowest BCUT2D eigenvalue weighted by atomic mass is 9.83. The van der Waals surface area contributed by atoms with Crippen LogP contribution in [0.4, 0.5) is 0 Å². The van der Waals surface area contributed by atoms with Crippen LogP contribution in [0.2, 0.25) is 31.7 Å². The maximum Gasteiger partial charge on any atom is 0.258 e. The first-order valence-electron chi connectivity index (χ1n) is 13.3. The fourth-order valence-corrected chi connectivity index (χ4v) is 12.3. The third kappa shape index (κ3) is 6.35. The molecule has 0 radical (unpaired) electrons. The lowest BCUT2D eigenvalue weighted by molar-refractivity contribution is -0.0501. The zero-order valence-electron chi connectivity index (χ0n) is 23.1. The Morgan fingerprint density at radius 1 is 0.838 bits per heavy atom. The molecule has 0 spiro atoms. The number of aliphatic hydroxyl groups excluding tert-OH is 1. The lowest BCUT2D eigenvalue weighted by Gasteiger charge is -2.43. The number of halogens is 3. The standard InChI is InChI=1S/C29H42Cl3NO3Si/c1-18(2)37(19(3)4,20(5)6)36-28-25(31)16-22(17-26(28)32)27(34)21(7)33-14-12-29(35,13-15-33)23-8-10-24(30)11-9-23/h8-11,16-21,27,34-35H,12-15H2,1-7H3/t21-,27+/m1/s1. The van der Waals surface area contributed by atoms with Crippen molar-refractivity contribution in [2.75, 3.05) is 13.1 Å². The largest absolute Gasteiger partial charge is 0.541 e. The van der Waals surface area contributed by atoms with E-state index in [1.165, 1.54) is 0 Å². The molecule has 2 aromatic carbocycles. The summed E-state index contributed by atoms with van der Waals surface area (Å²) in [6, 6.07) is 10.8. The molecule has 0 unspecified atom stereocenters. The van der Waals surface area contributed by atoms with Crippen molar-refractivity contribution in [2.24, 2.45) is 0 Å². The van der Waals surface area contributed by atoms with Crippen molar-refractivity contribution >= 4 is 43.1 Å². The van der Waals surface area contributed by atoms with E-state index >= 15 is 0 Å². The Kier molecular flexibility index (Phi) is 10.1. The highest BCUT2D eigenvalue weighted by atomic mass is 35.5. The van der Waals surface area contributed by atoms with Crippen LogP contribution in [0.5, 0.6) is 5.75 Å². The Hall–Kier alpha value is -0.793. The van der Waals surface area contributed by atoms with Crippen LogP contribution in [0.15, 0.2) is 36.4 Å². The normalized spacial score (nSPS) is 18.5. The highest BCUT2D eigenvalue weighted by Gasteiger charge is 2.47. The first-order valence-corrected chi connectivity index (χ1v) is 16.6. The van der Waals surface area contributed by atoms with Gasteiger partial charge in [-0.3, -0.25) is 4.90 Å². The van der Waals surface area contributed by atoms with Crippen LogP contribution in [0, 0.1) is 0 Å². The van der Waals surface area contributed by atoms with E-state index in [1.807, 2.05) is 31.2 Å². The van der Waals surface area contributed by atoms with E-state index < -0.39 is 20.0 Å². The minimum Gasteiger partial charge on any atom is -0.541 e. The maximum atomic E-state index is 11.3. The molecule has 2 N–H and O–H groups in total. The van der Waals surface area contributed by atoms with Crippen molar-refractivity contribution in [3.63, 3.8) is 0 Å². The molecule has 1 saturated heterocycles. The fourth-order valence-electron chi connectivity index (χ4n) is 6.21. The molecule has 0 aromatic heterocycles. The SMILES string of the molecule is CC(C)[Si](Oc1c(Cl)cc([C@@H](O)[C@@H](C)N2CCC(O)(c3ccc(Cl)cc3)CC2)cc1Cl)(C(C)C)C(C)C. The van der Waals surface area contributed by atoms with Gasteiger partial charge in [-0.1, -0.05) is 88.5 Å². The van der Waals surface area contributed by atoms with Crippen LogP contribution in [-0.2, 0) is 5.60 Å².